The van der Waals surface area contributed by atoms with Gasteiger partial charge in [0.2, 0.25) is 0 Å². The summed E-state index contributed by atoms with van der Waals surface area (Å²) in [5.41, 5.74) is 4.75. The monoisotopic (exact) mass is 388 g/mol. The molecule has 0 bridgehead atoms. The Morgan fingerprint density at radius 2 is 1.62 bits per heavy atom. The third-order valence-electron chi connectivity index (χ3n) is 6.22. The van der Waals surface area contributed by atoms with E-state index in [-0.39, 0.29) is 0 Å². The molecule has 0 unspecified atom stereocenters. The lowest BCUT2D eigenvalue weighted by Gasteiger charge is -2.29. The average molecular weight is 389 g/mol. The molecule has 0 N–H and O–H groups in total. The highest BCUT2D eigenvalue weighted by Gasteiger charge is 2.25. The molecule has 1 aliphatic rings. The van der Waals surface area contributed by atoms with Crippen molar-refractivity contribution in [2.75, 3.05) is 0 Å². The van der Waals surface area contributed by atoms with Crippen LogP contribution >= 0.6 is 0 Å². The Morgan fingerprint density at radius 3 is 2.31 bits per heavy atom. The van der Waals surface area contributed by atoms with Gasteiger partial charge in [-0.3, -0.25) is 0 Å². The standard InChI is InChI=1S/C27H36N2/c1-3-4-5-7-10-23-17-19-26(20-18-23)27(25-11-8-6-9-12-25)29-28-21-24-15-13-22(2)14-16-24/h6,8-9,11-16,21,23,26H,3-5,7,10,17-20H2,1-2H3. The van der Waals surface area contributed by atoms with Crippen LogP contribution < -0.4 is 0 Å². The minimum atomic E-state index is 0.527. The van der Waals surface area contributed by atoms with Crippen LogP contribution in [0.2, 0.25) is 0 Å². The molecule has 1 saturated carbocycles. The van der Waals surface area contributed by atoms with Crippen LogP contribution in [0.4, 0.5) is 0 Å². The lowest BCUT2D eigenvalue weighted by molar-refractivity contribution is 0.298. The SMILES string of the molecule is CCCCCCC1CCC(C(=NN=Cc2ccc(C)cc2)c2ccccc2)CC1. The van der Waals surface area contributed by atoms with Crippen molar-refractivity contribution < 1.29 is 0 Å². The van der Waals surface area contributed by atoms with Crippen LogP contribution in [-0.4, -0.2) is 11.9 Å². The smallest absolute Gasteiger partial charge is 0.0733 e. The van der Waals surface area contributed by atoms with Gasteiger partial charge in [-0.15, -0.1) is 0 Å². The van der Waals surface area contributed by atoms with E-state index < -0.39 is 0 Å². The summed E-state index contributed by atoms with van der Waals surface area (Å²) in [4.78, 5) is 0. The van der Waals surface area contributed by atoms with Gasteiger partial charge in [0.15, 0.2) is 0 Å². The van der Waals surface area contributed by atoms with Gasteiger partial charge in [0.1, 0.15) is 0 Å². The molecule has 0 atom stereocenters. The van der Waals surface area contributed by atoms with Crippen molar-refractivity contribution in [1.82, 2.24) is 0 Å². The summed E-state index contributed by atoms with van der Waals surface area (Å²) in [6.07, 6.45) is 14.0. The van der Waals surface area contributed by atoms with E-state index in [4.69, 9.17) is 5.10 Å². The molecule has 0 aromatic heterocycles. The molecule has 0 aliphatic heterocycles. The fourth-order valence-electron chi connectivity index (χ4n) is 4.38. The average Bonchev–Trinajstić information content (AvgIpc) is 2.77. The molecule has 0 radical (unpaired) electrons. The zero-order chi connectivity index (χ0) is 20.3. The second-order valence-electron chi connectivity index (χ2n) is 8.57. The van der Waals surface area contributed by atoms with E-state index in [1.54, 1.807) is 0 Å². The maximum Gasteiger partial charge on any atom is 0.0733 e. The summed E-state index contributed by atoms with van der Waals surface area (Å²) in [6, 6.07) is 19.1. The second-order valence-corrected chi connectivity index (χ2v) is 8.57. The van der Waals surface area contributed by atoms with Crippen molar-refractivity contribution in [3.05, 3.63) is 71.3 Å². The number of hydrogen-bond donors (Lipinski definition) is 0. The summed E-state index contributed by atoms with van der Waals surface area (Å²) in [7, 11) is 0. The van der Waals surface area contributed by atoms with Gasteiger partial charge in [-0.05, 0) is 49.7 Å². The molecule has 0 heterocycles. The number of hydrogen-bond acceptors (Lipinski definition) is 2. The Balaban J connectivity index is 1.65. The molecule has 3 rings (SSSR count). The van der Waals surface area contributed by atoms with Crippen molar-refractivity contribution in [2.45, 2.75) is 71.6 Å². The van der Waals surface area contributed by atoms with Gasteiger partial charge in [-0.2, -0.15) is 10.2 Å². The Labute approximate surface area is 177 Å². The molecule has 29 heavy (non-hydrogen) atoms. The predicted octanol–water partition coefficient (Wildman–Crippen LogP) is 7.60. The van der Waals surface area contributed by atoms with E-state index in [9.17, 15) is 0 Å². The van der Waals surface area contributed by atoms with Crippen LogP contribution in [0, 0.1) is 18.8 Å². The number of rotatable bonds is 9. The topological polar surface area (TPSA) is 24.7 Å². The third kappa shape index (κ3) is 6.96. The fourth-order valence-corrected chi connectivity index (χ4v) is 4.38. The zero-order valence-electron chi connectivity index (χ0n) is 18.2. The van der Waals surface area contributed by atoms with Gasteiger partial charge in [0.25, 0.3) is 0 Å². The Bertz CT molecular complexity index is 766. The molecule has 1 fully saturated rings. The molecule has 2 aromatic rings. The van der Waals surface area contributed by atoms with E-state index in [2.05, 4.69) is 73.5 Å². The Hall–Kier alpha value is -2.22. The number of unbranched alkanes of at least 4 members (excludes halogenated alkanes) is 3. The Morgan fingerprint density at radius 1 is 0.897 bits per heavy atom. The van der Waals surface area contributed by atoms with Gasteiger partial charge in [-0.25, -0.2) is 0 Å². The fraction of sp³-hybridized carbons (Fsp3) is 0.481. The maximum atomic E-state index is 4.73. The van der Waals surface area contributed by atoms with Crippen molar-refractivity contribution >= 4 is 11.9 Å². The first-order valence-electron chi connectivity index (χ1n) is 11.5. The molecule has 154 valence electrons. The van der Waals surface area contributed by atoms with Gasteiger partial charge in [0.05, 0.1) is 11.9 Å². The van der Waals surface area contributed by atoms with Crippen LogP contribution in [-0.2, 0) is 0 Å². The van der Waals surface area contributed by atoms with Crippen molar-refractivity contribution in [2.24, 2.45) is 22.0 Å². The van der Waals surface area contributed by atoms with Gasteiger partial charge >= 0.3 is 0 Å². The molecule has 2 aromatic carbocycles. The van der Waals surface area contributed by atoms with E-state index in [0.717, 1.165) is 11.5 Å². The van der Waals surface area contributed by atoms with Crippen molar-refractivity contribution in [3.63, 3.8) is 0 Å². The highest BCUT2D eigenvalue weighted by Crippen LogP contribution is 2.34. The third-order valence-corrected chi connectivity index (χ3v) is 6.22. The molecule has 0 spiro atoms. The van der Waals surface area contributed by atoms with Crippen LogP contribution in [0.3, 0.4) is 0 Å². The Kier molecular flexibility index (Phi) is 8.67. The second kappa shape index (κ2) is 11.7. The number of nitrogens with zero attached hydrogens (tertiary/aromatic N) is 2. The van der Waals surface area contributed by atoms with E-state index in [1.165, 1.54) is 74.6 Å². The van der Waals surface area contributed by atoms with Crippen LogP contribution in [0.5, 0.6) is 0 Å². The summed E-state index contributed by atoms with van der Waals surface area (Å²) in [5, 5.41) is 9.21. The van der Waals surface area contributed by atoms with Gasteiger partial charge in [-0.1, -0.05) is 99.2 Å². The summed E-state index contributed by atoms with van der Waals surface area (Å²) in [6.45, 7) is 4.39. The lowest BCUT2D eigenvalue weighted by atomic mass is 9.76. The molecule has 2 nitrogen and oxygen atoms in total. The lowest BCUT2D eigenvalue weighted by Crippen LogP contribution is -2.22. The molecular weight excluding hydrogens is 352 g/mol. The maximum absolute atomic E-state index is 4.73. The van der Waals surface area contributed by atoms with Gasteiger partial charge in [0, 0.05) is 5.92 Å². The molecular formula is C27H36N2. The zero-order valence-corrected chi connectivity index (χ0v) is 18.2. The highest BCUT2D eigenvalue weighted by molar-refractivity contribution is 6.02. The van der Waals surface area contributed by atoms with E-state index in [0.29, 0.717) is 5.92 Å². The van der Waals surface area contributed by atoms with Crippen molar-refractivity contribution in [3.8, 4) is 0 Å². The first-order valence-corrected chi connectivity index (χ1v) is 11.5. The van der Waals surface area contributed by atoms with Crippen LogP contribution in [0.1, 0.15) is 81.4 Å². The quantitative estimate of drug-likeness (QED) is 0.240. The minimum absolute atomic E-state index is 0.527. The highest BCUT2D eigenvalue weighted by atomic mass is 15.2. The van der Waals surface area contributed by atoms with Crippen molar-refractivity contribution in [1.29, 1.82) is 0 Å². The molecule has 1 aliphatic carbocycles. The first-order chi connectivity index (χ1) is 14.3. The van der Waals surface area contributed by atoms with Crippen LogP contribution in [0.25, 0.3) is 0 Å². The molecule has 0 amide bonds. The molecule has 2 heteroatoms. The van der Waals surface area contributed by atoms with Gasteiger partial charge < -0.3 is 0 Å². The number of aryl methyl sites for hydroxylation is 1. The van der Waals surface area contributed by atoms with E-state index >= 15 is 0 Å². The van der Waals surface area contributed by atoms with E-state index in [1.807, 2.05) is 6.21 Å². The predicted molar refractivity (Wildman–Crippen MR) is 126 cm³/mol. The largest absolute Gasteiger partial charge is 0.158 e. The molecule has 0 saturated heterocycles. The summed E-state index contributed by atoms with van der Waals surface area (Å²) >= 11 is 0. The number of benzene rings is 2. The van der Waals surface area contributed by atoms with Crippen LogP contribution in [0.15, 0.2) is 64.8 Å². The summed E-state index contributed by atoms with van der Waals surface area (Å²) < 4.78 is 0. The summed E-state index contributed by atoms with van der Waals surface area (Å²) in [5.74, 6) is 1.44. The minimum Gasteiger partial charge on any atom is -0.158 e. The first kappa shape index (κ1) is 21.5. The normalized spacial score (nSPS) is 20.3.